The number of hydrogen-bond acceptors (Lipinski definition) is 7. The topological polar surface area (TPSA) is 114 Å². The van der Waals surface area contributed by atoms with Gasteiger partial charge in [0.05, 0.1) is 19.9 Å². The Bertz CT molecular complexity index is 1320. The number of rotatable bonds is 6. The number of anilines is 1. The molecule has 1 fully saturated rings. The summed E-state index contributed by atoms with van der Waals surface area (Å²) in [6, 6.07) is 9.53. The monoisotopic (exact) mass is 417 g/mol. The third-order valence-electron chi connectivity index (χ3n) is 5.84. The van der Waals surface area contributed by atoms with Gasteiger partial charge in [0.15, 0.2) is 0 Å². The summed E-state index contributed by atoms with van der Waals surface area (Å²) in [5, 5.41) is 9.25. The lowest BCUT2D eigenvalue weighted by molar-refractivity contribution is 0.419. The number of nitrogens with zero attached hydrogens (tertiary/aromatic N) is 6. The summed E-state index contributed by atoms with van der Waals surface area (Å²) < 4.78 is 8.87. The number of benzene rings is 1. The molecule has 0 bridgehead atoms. The molecule has 0 amide bonds. The van der Waals surface area contributed by atoms with Crippen LogP contribution in [0.5, 0.6) is 5.75 Å². The van der Waals surface area contributed by atoms with Crippen LogP contribution in [0.4, 0.5) is 5.95 Å². The first-order valence-electron chi connectivity index (χ1n) is 10.3. The van der Waals surface area contributed by atoms with E-state index in [0.717, 1.165) is 5.39 Å². The second-order valence-corrected chi connectivity index (χ2v) is 7.91. The first-order valence-corrected chi connectivity index (χ1v) is 10.3. The molecule has 9 nitrogen and oxygen atoms in total. The number of nitrogens with two attached hydrogens (primary N) is 1. The molecule has 5 rings (SSSR count). The Hall–Kier alpha value is -3.75. The highest BCUT2D eigenvalue weighted by Gasteiger charge is 2.29. The van der Waals surface area contributed by atoms with Gasteiger partial charge in [0.2, 0.25) is 5.95 Å². The maximum absolute atomic E-state index is 13.0. The van der Waals surface area contributed by atoms with E-state index in [-0.39, 0.29) is 17.5 Å². The van der Waals surface area contributed by atoms with E-state index in [1.165, 1.54) is 12.8 Å². The average molecular weight is 417 g/mol. The van der Waals surface area contributed by atoms with Crippen LogP contribution in [0.25, 0.3) is 22.3 Å². The van der Waals surface area contributed by atoms with Crippen molar-refractivity contribution in [3.8, 4) is 17.1 Å². The highest BCUT2D eigenvalue weighted by molar-refractivity contribution is 5.95. The summed E-state index contributed by atoms with van der Waals surface area (Å²) in [6.45, 7) is 2.43. The van der Waals surface area contributed by atoms with Gasteiger partial charge in [-0.15, -0.1) is 5.10 Å². The Labute approximate surface area is 178 Å². The predicted molar refractivity (Wildman–Crippen MR) is 117 cm³/mol. The van der Waals surface area contributed by atoms with Crippen molar-refractivity contribution < 1.29 is 4.74 Å². The number of aromatic nitrogens is 6. The number of hydrogen-bond donors (Lipinski definition) is 1. The second kappa shape index (κ2) is 7.50. The Morgan fingerprint density at radius 3 is 2.84 bits per heavy atom. The van der Waals surface area contributed by atoms with Crippen LogP contribution >= 0.6 is 0 Å². The zero-order valence-electron chi connectivity index (χ0n) is 17.4. The molecule has 1 saturated carbocycles. The van der Waals surface area contributed by atoms with E-state index in [4.69, 9.17) is 10.5 Å². The quantitative estimate of drug-likeness (QED) is 0.513. The zero-order chi connectivity index (χ0) is 21.5. The van der Waals surface area contributed by atoms with Crippen molar-refractivity contribution in [2.24, 2.45) is 5.92 Å². The predicted octanol–water partition coefficient (Wildman–Crippen LogP) is 2.66. The van der Waals surface area contributed by atoms with Gasteiger partial charge in [-0.1, -0.05) is 23.4 Å². The maximum atomic E-state index is 13.0. The Balaban J connectivity index is 1.49. The van der Waals surface area contributed by atoms with Crippen molar-refractivity contribution in [2.75, 3.05) is 12.8 Å². The van der Waals surface area contributed by atoms with Crippen LogP contribution in [0, 0.1) is 5.92 Å². The third-order valence-corrected chi connectivity index (χ3v) is 5.84. The summed E-state index contributed by atoms with van der Waals surface area (Å²) >= 11 is 0. The molecule has 1 aliphatic carbocycles. The van der Waals surface area contributed by atoms with E-state index < -0.39 is 0 Å². The average Bonchev–Trinajstić information content (AvgIpc) is 3.52. The van der Waals surface area contributed by atoms with E-state index in [1.54, 1.807) is 18.0 Å². The van der Waals surface area contributed by atoms with Crippen molar-refractivity contribution >= 4 is 16.9 Å². The van der Waals surface area contributed by atoms with E-state index in [9.17, 15) is 4.79 Å². The summed E-state index contributed by atoms with van der Waals surface area (Å²) in [5.74, 6) is 1.33. The minimum atomic E-state index is 0.0143. The number of methoxy groups -OCH3 is 1. The first-order chi connectivity index (χ1) is 15.0. The van der Waals surface area contributed by atoms with Crippen molar-refractivity contribution in [1.29, 1.82) is 0 Å². The van der Waals surface area contributed by atoms with Gasteiger partial charge in [0.1, 0.15) is 22.7 Å². The highest BCUT2D eigenvalue weighted by atomic mass is 16.5. The van der Waals surface area contributed by atoms with Crippen molar-refractivity contribution in [1.82, 2.24) is 29.5 Å². The second-order valence-electron chi connectivity index (χ2n) is 7.91. The van der Waals surface area contributed by atoms with Crippen LogP contribution in [-0.4, -0.2) is 36.6 Å². The Morgan fingerprint density at radius 1 is 1.23 bits per heavy atom. The fourth-order valence-corrected chi connectivity index (χ4v) is 3.97. The first kappa shape index (κ1) is 19.2. The molecule has 2 N–H and O–H groups in total. The largest absolute Gasteiger partial charge is 0.494 e. The van der Waals surface area contributed by atoms with Gasteiger partial charge in [-0.2, -0.15) is 0 Å². The molecule has 0 aliphatic heterocycles. The number of para-hydroxylation sites is 1. The van der Waals surface area contributed by atoms with E-state index in [2.05, 4.69) is 27.2 Å². The van der Waals surface area contributed by atoms with Gasteiger partial charge < -0.3 is 15.0 Å². The molecular weight excluding hydrogens is 394 g/mol. The summed E-state index contributed by atoms with van der Waals surface area (Å²) in [6.07, 6.45) is 6.00. The van der Waals surface area contributed by atoms with E-state index in [1.807, 2.05) is 41.1 Å². The van der Waals surface area contributed by atoms with Crippen molar-refractivity contribution in [2.45, 2.75) is 32.4 Å². The van der Waals surface area contributed by atoms with Crippen molar-refractivity contribution in [3.05, 3.63) is 58.6 Å². The van der Waals surface area contributed by atoms with Crippen LogP contribution in [0.3, 0.4) is 0 Å². The number of nitrogen functional groups attached to an aromatic ring is 1. The van der Waals surface area contributed by atoms with E-state index >= 15 is 0 Å². The molecule has 1 aromatic carbocycles. The molecule has 0 radical (unpaired) electrons. The number of ether oxygens (including phenoxy) is 1. The fourth-order valence-electron chi connectivity index (χ4n) is 3.97. The molecule has 3 heterocycles. The Morgan fingerprint density at radius 2 is 2.06 bits per heavy atom. The molecule has 31 heavy (non-hydrogen) atoms. The maximum Gasteiger partial charge on any atom is 0.255 e. The lowest BCUT2D eigenvalue weighted by atomic mass is 10.1. The van der Waals surface area contributed by atoms with Crippen LogP contribution in [-0.2, 0) is 6.54 Å². The fraction of sp³-hybridized carbons (Fsp3) is 0.318. The van der Waals surface area contributed by atoms with Gasteiger partial charge in [-0.05, 0) is 37.8 Å². The molecule has 0 saturated heterocycles. The van der Waals surface area contributed by atoms with Crippen LogP contribution in [0.1, 0.15) is 31.4 Å². The van der Waals surface area contributed by atoms with Gasteiger partial charge in [-0.25, -0.2) is 14.6 Å². The molecule has 3 aromatic heterocycles. The summed E-state index contributed by atoms with van der Waals surface area (Å²) in [5.41, 5.74) is 8.35. The smallest absolute Gasteiger partial charge is 0.255 e. The molecule has 9 heteroatoms. The summed E-state index contributed by atoms with van der Waals surface area (Å²) in [4.78, 5) is 21.6. The molecule has 158 valence electrons. The minimum Gasteiger partial charge on any atom is -0.494 e. The van der Waals surface area contributed by atoms with Crippen LogP contribution in [0.2, 0.25) is 0 Å². The van der Waals surface area contributed by atoms with E-state index in [0.29, 0.717) is 40.7 Å². The van der Waals surface area contributed by atoms with Crippen LogP contribution < -0.4 is 16.0 Å². The lowest BCUT2D eigenvalue weighted by Crippen LogP contribution is -2.27. The minimum absolute atomic E-state index is 0.0143. The lowest BCUT2D eigenvalue weighted by Gasteiger charge is -2.15. The van der Waals surface area contributed by atoms with Gasteiger partial charge in [0.25, 0.3) is 5.56 Å². The normalized spacial score (nSPS) is 14.6. The SMILES string of the molecule is COc1cccc2c(-c3cn(Cc4cccn([C@@H](C)C5CC5)c4=O)nn3)nc(N)nc12. The molecule has 1 aliphatic rings. The standard InChI is InChI=1S/C22H23N7O2/c1-13(14-8-9-14)29-10-4-5-15(21(29)30)11-28-12-17(26-27-28)19-16-6-3-7-18(31-2)20(16)25-22(23)24-19/h3-7,10,12-14H,8-9,11H2,1-2H3,(H2,23,24,25)/t13-/m0/s1. The molecule has 1 atom stereocenters. The molecule has 0 spiro atoms. The number of fused-ring (bicyclic) bond motifs is 1. The van der Waals surface area contributed by atoms with Crippen LogP contribution in [0.15, 0.2) is 47.5 Å². The molecule has 4 aromatic rings. The zero-order valence-corrected chi connectivity index (χ0v) is 17.4. The van der Waals surface area contributed by atoms with Gasteiger partial charge in [-0.3, -0.25) is 4.79 Å². The van der Waals surface area contributed by atoms with Gasteiger partial charge >= 0.3 is 0 Å². The molecular formula is C22H23N7O2. The number of pyridine rings is 1. The Kier molecular flexibility index (Phi) is 4.65. The molecule has 0 unspecified atom stereocenters. The van der Waals surface area contributed by atoms with Gasteiger partial charge in [0, 0.05) is 23.2 Å². The van der Waals surface area contributed by atoms with Crippen molar-refractivity contribution in [3.63, 3.8) is 0 Å². The highest BCUT2D eigenvalue weighted by Crippen LogP contribution is 2.38. The third kappa shape index (κ3) is 3.52. The summed E-state index contributed by atoms with van der Waals surface area (Å²) in [7, 11) is 1.58.